The van der Waals surface area contributed by atoms with Crippen LogP contribution in [0, 0.1) is 5.82 Å². The maximum atomic E-state index is 13.9. The highest BCUT2D eigenvalue weighted by Gasteiger charge is 2.24. The Morgan fingerprint density at radius 3 is 2.73 bits per heavy atom. The van der Waals surface area contributed by atoms with Crippen LogP contribution in [-0.2, 0) is 16.4 Å². The number of methoxy groups -OCH3 is 1. The van der Waals surface area contributed by atoms with E-state index in [1.165, 1.54) is 30.6 Å². The first-order chi connectivity index (χ1) is 12.5. The van der Waals surface area contributed by atoms with Crippen LogP contribution in [0.1, 0.15) is 17.3 Å². The highest BCUT2D eigenvalue weighted by Crippen LogP contribution is 2.24. The molecule has 136 valence electrons. The molecule has 1 unspecified atom stereocenters. The first-order valence-electron chi connectivity index (χ1n) is 7.77. The molecule has 0 aliphatic rings. The molecular formula is C18H17FN2O3S2. The zero-order chi connectivity index (χ0) is 18.6. The van der Waals surface area contributed by atoms with Crippen LogP contribution in [0.25, 0.3) is 0 Å². The van der Waals surface area contributed by atoms with Crippen molar-refractivity contribution in [1.29, 1.82) is 0 Å². The number of hydrogen-bond acceptors (Lipinski definition) is 5. The van der Waals surface area contributed by atoms with Gasteiger partial charge in [-0.2, -0.15) is 11.3 Å². The minimum atomic E-state index is -3.94. The number of rotatable bonds is 7. The van der Waals surface area contributed by atoms with Crippen LogP contribution in [0.4, 0.5) is 4.39 Å². The Bertz CT molecular complexity index is 961. The average molecular weight is 392 g/mol. The second-order valence-electron chi connectivity index (χ2n) is 5.56. The van der Waals surface area contributed by atoms with Crippen LogP contribution in [-0.4, -0.2) is 20.5 Å². The number of pyridine rings is 1. The SMILES string of the molecule is COc1ccc(S(=O)(=O)NC(Cc2ccsc2)c2ccccn2)cc1F. The van der Waals surface area contributed by atoms with E-state index in [4.69, 9.17) is 4.74 Å². The van der Waals surface area contributed by atoms with Gasteiger partial charge < -0.3 is 4.74 Å². The Balaban J connectivity index is 1.91. The molecule has 0 radical (unpaired) electrons. The van der Waals surface area contributed by atoms with Crippen LogP contribution >= 0.6 is 11.3 Å². The molecule has 1 aromatic carbocycles. The third-order valence-electron chi connectivity index (χ3n) is 3.80. The summed E-state index contributed by atoms with van der Waals surface area (Å²) >= 11 is 1.54. The molecule has 0 saturated heterocycles. The van der Waals surface area contributed by atoms with Crippen LogP contribution < -0.4 is 9.46 Å². The molecule has 8 heteroatoms. The van der Waals surface area contributed by atoms with Crippen molar-refractivity contribution < 1.29 is 17.5 Å². The highest BCUT2D eigenvalue weighted by molar-refractivity contribution is 7.89. The lowest BCUT2D eigenvalue weighted by Crippen LogP contribution is -2.30. The standard InChI is InChI=1S/C18H17FN2O3S2/c1-24-18-6-5-14(11-15(18)19)26(22,23)21-17(10-13-7-9-25-12-13)16-4-2-3-8-20-16/h2-9,11-12,17,21H,10H2,1H3. The number of ether oxygens (including phenoxy) is 1. The normalized spacial score (nSPS) is 12.7. The van der Waals surface area contributed by atoms with Crippen molar-refractivity contribution in [2.24, 2.45) is 0 Å². The number of nitrogens with zero attached hydrogens (tertiary/aromatic N) is 1. The first-order valence-corrected chi connectivity index (χ1v) is 10.2. The topological polar surface area (TPSA) is 68.3 Å². The number of hydrogen-bond donors (Lipinski definition) is 1. The van der Waals surface area contributed by atoms with E-state index in [0.29, 0.717) is 12.1 Å². The quantitative estimate of drug-likeness (QED) is 0.668. The van der Waals surface area contributed by atoms with Crippen molar-refractivity contribution >= 4 is 21.4 Å². The molecule has 0 aliphatic carbocycles. The Labute approximate surface area is 155 Å². The predicted octanol–water partition coefficient (Wildman–Crippen LogP) is 3.55. The summed E-state index contributed by atoms with van der Waals surface area (Å²) in [5.41, 5.74) is 1.59. The van der Waals surface area contributed by atoms with Gasteiger partial charge in [0.25, 0.3) is 0 Å². The van der Waals surface area contributed by atoms with Crippen molar-refractivity contribution in [3.05, 3.63) is 76.5 Å². The van der Waals surface area contributed by atoms with Gasteiger partial charge in [-0.25, -0.2) is 17.5 Å². The van der Waals surface area contributed by atoms with Crippen LogP contribution in [0.2, 0.25) is 0 Å². The molecule has 0 amide bonds. The number of thiophene rings is 1. The van der Waals surface area contributed by atoms with Gasteiger partial charge in [0, 0.05) is 6.20 Å². The Hall–Kier alpha value is -2.29. The lowest BCUT2D eigenvalue weighted by Gasteiger charge is -2.18. The van der Waals surface area contributed by atoms with Crippen molar-refractivity contribution in [2.75, 3.05) is 7.11 Å². The van der Waals surface area contributed by atoms with E-state index in [0.717, 1.165) is 11.6 Å². The second-order valence-corrected chi connectivity index (χ2v) is 8.05. The fourth-order valence-electron chi connectivity index (χ4n) is 2.50. The van der Waals surface area contributed by atoms with Crippen LogP contribution in [0.5, 0.6) is 5.75 Å². The number of nitrogens with one attached hydrogen (secondary N) is 1. The molecule has 5 nitrogen and oxygen atoms in total. The van der Waals surface area contributed by atoms with E-state index in [1.807, 2.05) is 16.8 Å². The highest BCUT2D eigenvalue weighted by atomic mass is 32.2. The average Bonchev–Trinajstić information content (AvgIpc) is 3.15. The molecule has 1 atom stereocenters. The summed E-state index contributed by atoms with van der Waals surface area (Å²) in [6, 6.07) is 10.2. The zero-order valence-electron chi connectivity index (χ0n) is 13.9. The summed E-state index contributed by atoms with van der Waals surface area (Å²) in [5, 5.41) is 3.88. The summed E-state index contributed by atoms with van der Waals surface area (Å²) in [6.45, 7) is 0. The largest absolute Gasteiger partial charge is 0.494 e. The first kappa shape index (κ1) is 18.5. The van der Waals surface area contributed by atoms with Crippen molar-refractivity contribution in [2.45, 2.75) is 17.4 Å². The van der Waals surface area contributed by atoms with Gasteiger partial charge in [0.1, 0.15) is 0 Å². The number of benzene rings is 1. The lowest BCUT2D eigenvalue weighted by atomic mass is 10.1. The number of halogens is 1. The zero-order valence-corrected chi connectivity index (χ0v) is 15.6. The molecule has 3 rings (SSSR count). The third-order valence-corrected chi connectivity index (χ3v) is 6.00. The lowest BCUT2D eigenvalue weighted by molar-refractivity contribution is 0.385. The second kappa shape index (κ2) is 7.94. The molecule has 0 spiro atoms. The molecule has 0 saturated carbocycles. The van der Waals surface area contributed by atoms with E-state index in [1.54, 1.807) is 24.4 Å². The molecule has 26 heavy (non-hydrogen) atoms. The van der Waals surface area contributed by atoms with Crippen LogP contribution in [0.15, 0.2) is 64.3 Å². The third kappa shape index (κ3) is 4.27. The number of sulfonamides is 1. The van der Waals surface area contributed by atoms with Gasteiger partial charge in [-0.1, -0.05) is 6.07 Å². The molecule has 0 fully saturated rings. The summed E-state index contributed by atoms with van der Waals surface area (Å²) in [5.74, 6) is -0.744. The van der Waals surface area contributed by atoms with Crippen LogP contribution in [0.3, 0.4) is 0 Å². The monoisotopic (exact) mass is 392 g/mol. The molecular weight excluding hydrogens is 375 g/mol. The van der Waals surface area contributed by atoms with Gasteiger partial charge in [-0.15, -0.1) is 0 Å². The Kier molecular flexibility index (Phi) is 5.65. The Morgan fingerprint density at radius 1 is 1.27 bits per heavy atom. The molecule has 3 aromatic rings. The van der Waals surface area contributed by atoms with Crippen molar-refractivity contribution in [1.82, 2.24) is 9.71 Å². The van der Waals surface area contributed by atoms with Gasteiger partial charge in [-0.05, 0) is 59.1 Å². The molecule has 2 aromatic heterocycles. The van der Waals surface area contributed by atoms with Gasteiger partial charge in [0.05, 0.1) is 23.7 Å². The molecule has 2 heterocycles. The Morgan fingerprint density at radius 2 is 2.12 bits per heavy atom. The van der Waals surface area contributed by atoms with E-state index in [2.05, 4.69) is 9.71 Å². The summed E-state index contributed by atoms with van der Waals surface area (Å²) in [7, 11) is -2.62. The van der Waals surface area contributed by atoms with E-state index < -0.39 is 21.9 Å². The van der Waals surface area contributed by atoms with Crippen molar-refractivity contribution in [3.63, 3.8) is 0 Å². The molecule has 1 N–H and O–H groups in total. The van der Waals surface area contributed by atoms with E-state index in [9.17, 15) is 12.8 Å². The molecule has 0 aliphatic heterocycles. The van der Waals surface area contributed by atoms with Gasteiger partial charge in [0.15, 0.2) is 11.6 Å². The maximum Gasteiger partial charge on any atom is 0.241 e. The smallest absolute Gasteiger partial charge is 0.241 e. The van der Waals surface area contributed by atoms with Crippen molar-refractivity contribution in [3.8, 4) is 5.75 Å². The predicted molar refractivity (Wildman–Crippen MR) is 98.3 cm³/mol. The summed E-state index contributed by atoms with van der Waals surface area (Å²) < 4.78 is 46.9. The number of aromatic nitrogens is 1. The maximum absolute atomic E-state index is 13.9. The fraction of sp³-hybridized carbons (Fsp3) is 0.167. The fourth-order valence-corrected chi connectivity index (χ4v) is 4.40. The minimum Gasteiger partial charge on any atom is -0.494 e. The van der Waals surface area contributed by atoms with Gasteiger partial charge >= 0.3 is 0 Å². The summed E-state index contributed by atoms with van der Waals surface area (Å²) in [6.07, 6.45) is 2.05. The summed E-state index contributed by atoms with van der Waals surface area (Å²) in [4.78, 5) is 4.10. The van der Waals surface area contributed by atoms with E-state index in [-0.39, 0.29) is 10.6 Å². The molecule has 0 bridgehead atoms. The van der Waals surface area contributed by atoms with Gasteiger partial charge in [0.2, 0.25) is 10.0 Å². The minimum absolute atomic E-state index is 0.0106. The van der Waals surface area contributed by atoms with E-state index >= 15 is 0 Å². The van der Waals surface area contributed by atoms with Gasteiger partial charge in [-0.3, -0.25) is 4.98 Å².